The Morgan fingerprint density at radius 1 is 1.22 bits per heavy atom. The molecule has 1 aromatic carbocycles. The summed E-state index contributed by atoms with van der Waals surface area (Å²) in [6.07, 6.45) is 2.42. The summed E-state index contributed by atoms with van der Waals surface area (Å²) in [6, 6.07) is 2.13. The van der Waals surface area contributed by atoms with E-state index in [1.165, 1.54) is 22.3 Å². The van der Waals surface area contributed by atoms with Gasteiger partial charge < -0.3 is 15.0 Å². The number of benzene rings is 1. The van der Waals surface area contributed by atoms with E-state index in [0.717, 1.165) is 51.4 Å². The molecule has 1 N–H and O–H groups in total. The zero-order valence-electron chi connectivity index (χ0n) is 15.0. The van der Waals surface area contributed by atoms with Gasteiger partial charge in [-0.1, -0.05) is 6.92 Å². The van der Waals surface area contributed by atoms with Crippen molar-refractivity contribution in [1.82, 2.24) is 10.2 Å². The molecule has 4 heteroatoms. The first-order valence-electron chi connectivity index (χ1n) is 8.75. The summed E-state index contributed by atoms with van der Waals surface area (Å²) in [4.78, 5) is 14.3. The van der Waals surface area contributed by atoms with Gasteiger partial charge in [0.25, 0.3) is 0 Å². The Hall–Kier alpha value is -1.55. The van der Waals surface area contributed by atoms with Crippen molar-refractivity contribution in [2.75, 3.05) is 32.8 Å². The van der Waals surface area contributed by atoms with E-state index in [-0.39, 0.29) is 5.91 Å². The maximum absolute atomic E-state index is 12.4. The quantitative estimate of drug-likeness (QED) is 0.877. The zero-order chi connectivity index (χ0) is 16.8. The van der Waals surface area contributed by atoms with Crippen LogP contribution < -0.4 is 10.1 Å². The van der Waals surface area contributed by atoms with Crippen LogP contribution in [0.2, 0.25) is 0 Å². The lowest BCUT2D eigenvalue weighted by molar-refractivity contribution is -0.131. The molecular formula is C19H30N2O2. The average Bonchev–Trinajstić information content (AvgIpc) is 2.57. The van der Waals surface area contributed by atoms with Gasteiger partial charge in [-0.3, -0.25) is 4.79 Å². The van der Waals surface area contributed by atoms with Crippen LogP contribution in [0.5, 0.6) is 5.75 Å². The Morgan fingerprint density at radius 3 is 2.57 bits per heavy atom. The van der Waals surface area contributed by atoms with Crippen LogP contribution in [0.15, 0.2) is 6.07 Å². The van der Waals surface area contributed by atoms with E-state index in [1.54, 1.807) is 0 Å². The van der Waals surface area contributed by atoms with Gasteiger partial charge in [-0.05, 0) is 61.9 Å². The van der Waals surface area contributed by atoms with E-state index < -0.39 is 0 Å². The van der Waals surface area contributed by atoms with Crippen LogP contribution >= 0.6 is 0 Å². The molecule has 1 heterocycles. The standard InChI is InChI=1S/C19H30N2O2/c1-5-12-23-18-13-14(2)17(15(3)16(18)4)6-7-19(22)21-10-8-20-9-11-21/h13,20H,5-12H2,1-4H3. The minimum Gasteiger partial charge on any atom is -0.493 e. The highest BCUT2D eigenvalue weighted by Crippen LogP contribution is 2.28. The van der Waals surface area contributed by atoms with Crippen LogP contribution in [0.1, 0.15) is 42.0 Å². The topological polar surface area (TPSA) is 41.6 Å². The maximum atomic E-state index is 12.4. The van der Waals surface area contributed by atoms with Crippen molar-refractivity contribution < 1.29 is 9.53 Å². The molecule has 128 valence electrons. The summed E-state index contributed by atoms with van der Waals surface area (Å²) >= 11 is 0. The molecule has 1 amide bonds. The van der Waals surface area contributed by atoms with Gasteiger partial charge in [0.05, 0.1) is 6.61 Å². The zero-order valence-corrected chi connectivity index (χ0v) is 15.0. The van der Waals surface area contributed by atoms with Crippen molar-refractivity contribution >= 4 is 5.91 Å². The van der Waals surface area contributed by atoms with Crippen molar-refractivity contribution in [1.29, 1.82) is 0 Å². The van der Waals surface area contributed by atoms with Crippen LogP contribution in [0.4, 0.5) is 0 Å². The van der Waals surface area contributed by atoms with Gasteiger partial charge >= 0.3 is 0 Å². The number of nitrogens with one attached hydrogen (secondary N) is 1. The number of piperazine rings is 1. The van der Waals surface area contributed by atoms with Crippen molar-refractivity contribution in [3.05, 3.63) is 28.3 Å². The second kappa shape index (κ2) is 8.34. The predicted molar refractivity (Wildman–Crippen MR) is 94.2 cm³/mol. The number of carbonyl (C=O) groups excluding carboxylic acids is 1. The third-order valence-electron chi connectivity index (χ3n) is 4.73. The average molecular weight is 318 g/mol. The smallest absolute Gasteiger partial charge is 0.222 e. The summed E-state index contributed by atoms with van der Waals surface area (Å²) in [5.41, 5.74) is 5.00. The maximum Gasteiger partial charge on any atom is 0.222 e. The lowest BCUT2D eigenvalue weighted by atomic mass is 9.94. The monoisotopic (exact) mass is 318 g/mol. The minimum atomic E-state index is 0.272. The second-order valence-electron chi connectivity index (χ2n) is 6.40. The van der Waals surface area contributed by atoms with E-state index in [1.807, 2.05) is 4.90 Å². The fraction of sp³-hybridized carbons (Fsp3) is 0.632. The third kappa shape index (κ3) is 4.47. The summed E-state index contributed by atoms with van der Waals surface area (Å²) in [5, 5.41) is 3.28. The highest BCUT2D eigenvalue weighted by atomic mass is 16.5. The molecule has 0 radical (unpaired) electrons. The highest BCUT2D eigenvalue weighted by Gasteiger charge is 2.17. The van der Waals surface area contributed by atoms with E-state index in [9.17, 15) is 4.79 Å². The number of amides is 1. The van der Waals surface area contributed by atoms with Crippen molar-refractivity contribution in [2.24, 2.45) is 0 Å². The Labute approximate surface area is 140 Å². The van der Waals surface area contributed by atoms with Crippen molar-refractivity contribution in [2.45, 2.75) is 47.0 Å². The van der Waals surface area contributed by atoms with Gasteiger partial charge in [0.15, 0.2) is 0 Å². The van der Waals surface area contributed by atoms with Gasteiger partial charge in [0.2, 0.25) is 5.91 Å². The van der Waals surface area contributed by atoms with Gasteiger partial charge in [-0.2, -0.15) is 0 Å². The van der Waals surface area contributed by atoms with Crippen LogP contribution in [-0.4, -0.2) is 43.6 Å². The van der Waals surface area contributed by atoms with Gasteiger partial charge in [-0.25, -0.2) is 0 Å². The molecule has 0 aromatic heterocycles. The lowest BCUT2D eigenvalue weighted by Crippen LogP contribution is -2.46. The summed E-state index contributed by atoms with van der Waals surface area (Å²) in [6.45, 7) is 12.7. The SMILES string of the molecule is CCCOc1cc(C)c(CCC(=O)N2CCNCC2)c(C)c1C. The largest absolute Gasteiger partial charge is 0.493 e. The number of nitrogens with zero attached hydrogens (tertiary/aromatic N) is 1. The molecule has 2 rings (SSSR count). The Bertz CT molecular complexity index is 549. The lowest BCUT2D eigenvalue weighted by Gasteiger charge is -2.27. The van der Waals surface area contributed by atoms with E-state index in [0.29, 0.717) is 6.42 Å². The molecular weight excluding hydrogens is 288 g/mol. The number of hydrogen-bond acceptors (Lipinski definition) is 3. The van der Waals surface area contributed by atoms with Crippen molar-refractivity contribution in [3.8, 4) is 5.75 Å². The summed E-state index contributed by atoms with van der Waals surface area (Å²) in [5.74, 6) is 1.26. The Balaban J connectivity index is 2.04. The highest BCUT2D eigenvalue weighted by molar-refractivity contribution is 5.76. The molecule has 0 unspecified atom stereocenters. The molecule has 0 aliphatic carbocycles. The van der Waals surface area contributed by atoms with Crippen LogP contribution in [0.3, 0.4) is 0 Å². The molecule has 1 fully saturated rings. The van der Waals surface area contributed by atoms with Crippen molar-refractivity contribution in [3.63, 3.8) is 0 Å². The Kier molecular flexibility index (Phi) is 6.46. The van der Waals surface area contributed by atoms with E-state index in [2.05, 4.69) is 39.1 Å². The molecule has 23 heavy (non-hydrogen) atoms. The molecule has 1 aliphatic heterocycles. The van der Waals surface area contributed by atoms with E-state index >= 15 is 0 Å². The summed E-state index contributed by atoms with van der Waals surface area (Å²) < 4.78 is 5.84. The number of carbonyl (C=O) groups is 1. The fourth-order valence-corrected chi connectivity index (χ4v) is 3.15. The third-order valence-corrected chi connectivity index (χ3v) is 4.73. The fourth-order valence-electron chi connectivity index (χ4n) is 3.15. The first-order chi connectivity index (χ1) is 11.0. The number of aryl methyl sites for hydroxylation is 1. The number of ether oxygens (including phenoxy) is 1. The first kappa shape index (κ1) is 17.8. The minimum absolute atomic E-state index is 0.272. The predicted octanol–water partition coefficient (Wildman–Crippen LogP) is 2.77. The van der Waals surface area contributed by atoms with Gasteiger partial charge in [-0.15, -0.1) is 0 Å². The number of hydrogen-bond donors (Lipinski definition) is 1. The molecule has 0 bridgehead atoms. The Morgan fingerprint density at radius 2 is 1.91 bits per heavy atom. The van der Waals surface area contributed by atoms with Crippen LogP contribution in [-0.2, 0) is 11.2 Å². The molecule has 1 aliphatic rings. The normalized spacial score (nSPS) is 14.9. The summed E-state index contributed by atoms with van der Waals surface area (Å²) in [7, 11) is 0. The second-order valence-corrected chi connectivity index (χ2v) is 6.40. The molecule has 4 nitrogen and oxygen atoms in total. The van der Waals surface area contributed by atoms with Crippen LogP contribution in [0, 0.1) is 20.8 Å². The van der Waals surface area contributed by atoms with E-state index in [4.69, 9.17) is 4.74 Å². The molecule has 1 saturated heterocycles. The molecule has 1 aromatic rings. The van der Waals surface area contributed by atoms with Gasteiger partial charge in [0.1, 0.15) is 5.75 Å². The first-order valence-corrected chi connectivity index (χ1v) is 8.75. The number of rotatable bonds is 6. The molecule has 0 atom stereocenters. The molecule has 0 spiro atoms. The van der Waals surface area contributed by atoms with Gasteiger partial charge in [0, 0.05) is 32.6 Å². The van der Waals surface area contributed by atoms with Crippen LogP contribution in [0.25, 0.3) is 0 Å². The molecule has 0 saturated carbocycles.